The lowest BCUT2D eigenvalue weighted by Crippen LogP contribution is -2.48. The van der Waals surface area contributed by atoms with Crippen LogP contribution in [-0.2, 0) is 4.79 Å². The first kappa shape index (κ1) is 19.2. The van der Waals surface area contributed by atoms with Crippen molar-refractivity contribution in [1.29, 1.82) is 0 Å². The van der Waals surface area contributed by atoms with E-state index in [1.807, 2.05) is 18.2 Å². The number of rotatable bonds is 6. The first-order valence-electron chi connectivity index (χ1n) is 8.22. The van der Waals surface area contributed by atoms with Gasteiger partial charge in [0, 0.05) is 0 Å². The number of para-hydroxylation sites is 1. The van der Waals surface area contributed by atoms with Crippen LogP contribution in [0.3, 0.4) is 0 Å². The van der Waals surface area contributed by atoms with E-state index in [-0.39, 0.29) is 34.3 Å². The molecule has 0 aromatic heterocycles. The summed E-state index contributed by atoms with van der Waals surface area (Å²) in [7, 11) is 0. The SMILES string of the molecule is CC(C(=O)NCCOc1ccccc1)N1C(=O)c2cc(Cl)c(Cl)cc2C1=O. The molecular weight excluding hydrogens is 391 g/mol. The Morgan fingerprint density at radius 3 is 2.19 bits per heavy atom. The van der Waals surface area contributed by atoms with Crippen LogP contribution < -0.4 is 10.1 Å². The van der Waals surface area contributed by atoms with Crippen LogP contribution in [0.2, 0.25) is 10.0 Å². The van der Waals surface area contributed by atoms with E-state index in [0.29, 0.717) is 5.75 Å². The number of carbonyl (C=O) groups is 3. The standard InChI is InChI=1S/C19H16Cl2N2O4/c1-11(17(24)22-7-8-27-12-5-3-2-4-6-12)23-18(25)13-9-15(20)16(21)10-14(13)19(23)26/h2-6,9-11H,7-8H2,1H3,(H,22,24). The van der Waals surface area contributed by atoms with Gasteiger partial charge in [0.25, 0.3) is 11.8 Å². The van der Waals surface area contributed by atoms with Gasteiger partial charge >= 0.3 is 0 Å². The van der Waals surface area contributed by atoms with Gasteiger partial charge in [0.2, 0.25) is 5.91 Å². The van der Waals surface area contributed by atoms with Gasteiger partial charge in [0.15, 0.2) is 0 Å². The van der Waals surface area contributed by atoms with Crippen LogP contribution in [0.25, 0.3) is 0 Å². The molecule has 8 heteroatoms. The van der Waals surface area contributed by atoms with E-state index in [2.05, 4.69) is 5.32 Å². The molecule has 0 bridgehead atoms. The van der Waals surface area contributed by atoms with Gasteiger partial charge in [-0.05, 0) is 31.2 Å². The highest BCUT2D eigenvalue weighted by Gasteiger charge is 2.41. The highest BCUT2D eigenvalue weighted by atomic mass is 35.5. The van der Waals surface area contributed by atoms with Gasteiger partial charge in [-0.1, -0.05) is 41.4 Å². The molecule has 3 amide bonds. The molecule has 0 saturated heterocycles. The van der Waals surface area contributed by atoms with Gasteiger partial charge in [-0.3, -0.25) is 19.3 Å². The number of amides is 3. The molecule has 1 N–H and O–H groups in total. The predicted octanol–water partition coefficient (Wildman–Crippen LogP) is 3.17. The van der Waals surface area contributed by atoms with E-state index >= 15 is 0 Å². The zero-order chi connectivity index (χ0) is 19.6. The van der Waals surface area contributed by atoms with Crippen molar-refractivity contribution in [3.63, 3.8) is 0 Å². The van der Waals surface area contributed by atoms with Crippen molar-refractivity contribution in [2.24, 2.45) is 0 Å². The molecule has 1 aliphatic rings. The topological polar surface area (TPSA) is 75.7 Å². The first-order valence-corrected chi connectivity index (χ1v) is 8.98. The number of nitrogens with one attached hydrogen (secondary N) is 1. The van der Waals surface area contributed by atoms with Crippen molar-refractivity contribution >= 4 is 40.9 Å². The van der Waals surface area contributed by atoms with Crippen LogP contribution in [0, 0.1) is 0 Å². The Bertz CT molecular complexity index is 861. The molecule has 2 aromatic rings. The van der Waals surface area contributed by atoms with Crippen molar-refractivity contribution in [2.45, 2.75) is 13.0 Å². The summed E-state index contributed by atoms with van der Waals surface area (Å²) in [6.07, 6.45) is 0. The highest BCUT2D eigenvalue weighted by molar-refractivity contribution is 6.43. The number of halogens is 2. The van der Waals surface area contributed by atoms with Crippen molar-refractivity contribution < 1.29 is 19.1 Å². The number of carbonyl (C=O) groups excluding carboxylic acids is 3. The Morgan fingerprint density at radius 1 is 1.07 bits per heavy atom. The molecule has 1 aliphatic heterocycles. The maximum absolute atomic E-state index is 12.5. The third-order valence-electron chi connectivity index (χ3n) is 4.14. The van der Waals surface area contributed by atoms with Crippen LogP contribution in [0.5, 0.6) is 5.75 Å². The quantitative estimate of drug-likeness (QED) is 0.590. The van der Waals surface area contributed by atoms with Crippen LogP contribution in [0.4, 0.5) is 0 Å². The van der Waals surface area contributed by atoms with E-state index in [9.17, 15) is 14.4 Å². The van der Waals surface area contributed by atoms with Crippen LogP contribution in [-0.4, -0.2) is 41.8 Å². The molecule has 0 saturated carbocycles. The van der Waals surface area contributed by atoms with Crippen molar-refractivity contribution in [2.75, 3.05) is 13.2 Å². The first-order chi connectivity index (χ1) is 12.9. The van der Waals surface area contributed by atoms with Gasteiger partial charge < -0.3 is 10.1 Å². The van der Waals surface area contributed by atoms with Crippen molar-refractivity contribution in [1.82, 2.24) is 10.2 Å². The van der Waals surface area contributed by atoms with Gasteiger partial charge in [0.1, 0.15) is 18.4 Å². The molecule has 1 unspecified atom stereocenters. The number of imide groups is 1. The fourth-order valence-electron chi connectivity index (χ4n) is 2.73. The number of hydrogen-bond acceptors (Lipinski definition) is 4. The second-order valence-corrected chi connectivity index (χ2v) is 6.74. The monoisotopic (exact) mass is 406 g/mol. The third kappa shape index (κ3) is 3.91. The zero-order valence-electron chi connectivity index (χ0n) is 14.4. The summed E-state index contributed by atoms with van der Waals surface area (Å²) >= 11 is 11.8. The molecule has 1 atom stereocenters. The molecule has 0 aliphatic carbocycles. The van der Waals surface area contributed by atoms with E-state index in [4.69, 9.17) is 27.9 Å². The van der Waals surface area contributed by atoms with E-state index in [1.165, 1.54) is 19.1 Å². The minimum absolute atomic E-state index is 0.140. The summed E-state index contributed by atoms with van der Waals surface area (Å²) in [5.41, 5.74) is 0.280. The fraction of sp³-hybridized carbons (Fsp3) is 0.211. The van der Waals surface area contributed by atoms with Crippen LogP contribution in [0.1, 0.15) is 27.6 Å². The van der Waals surface area contributed by atoms with Crippen molar-refractivity contribution in [3.8, 4) is 5.75 Å². The van der Waals surface area contributed by atoms with Crippen LogP contribution >= 0.6 is 23.2 Å². The Morgan fingerprint density at radius 2 is 1.63 bits per heavy atom. The second kappa shape index (κ2) is 7.98. The normalized spacial score (nSPS) is 14.1. The molecule has 1 heterocycles. The number of benzene rings is 2. The zero-order valence-corrected chi connectivity index (χ0v) is 15.9. The lowest BCUT2D eigenvalue weighted by atomic mass is 10.1. The lowest BCUT2D eigenvalue weighted by molar-refractivity contribution is -0.124. The van der Waals surface area contributed by atoms with Crippen LogP contribution in [0.15, 0.2) is 42.5 Å². The van der Waals surface area contributed by atoms with E-state index in [0.717, 1.165) is 4.90 Å². The molecule has 0 radical (unpaired) electrons. The summed E-state index contributed by atoms with van der Waals surface area (Å²) in [4.78, 5) is 38.3. The van der Waals surface area contributed by atoms with Gasteiger partial charge in [-0.2, -0.15) is 0 Å². The van der Waals surface area contributed by atoms with Gasteiger partial charge in [-0.25, -0.2) is 0 Å². The summed E-state index contributed by atoms with van der Waals surface area (Å²) in [6, 6.07) is 10.9. The molecule has 27 heavy (non-hydrogen) atoms. The minimum Gasteiger partial charge on any atom is -0.492 e. The maximum Gasteiger partial charge on any atom is 0.262 e. The molecule has 0 spiro atoms. The largest absolute Gasteiger partial charge is 0.492 e. The summed E-state index contributed by atoms with van der Waals surface area (Å²) < 4.78 is 5.49. The Balaban J connectivity index is 1.60. The molecular formula is C19H16Cl2N2O4. The predicted molar refractivity (Wildman–Crippen MR) is 101 cm³/mol. The Kier molecular flexibility index (Phi) is 5.68. The van der Waals surface area contributed by atoms with Gasteiger partial charge in [-0.15, -0.1) is 0 Å². The minimum atomic E-state index is -0.980. The summed E-state index contributed by atoms with van der Waals surface area (Å²) in [5, 5.41) is 3.01. The second-order valence-electron chi connectivity index (χ2n) is 5.92. The average molecular weight is 407 g/mol. The number of ether oxygens (including phenoxy) is 1. The average Bonchev–Trinajstić information content (AvgIpc) is 2.89. The molecule has 0 fully saturated rings. The fourth-order valence-corrected chi connectivity index (χ4v) is 3.06. The Hall–Kier alpha value is -2.57. The Labute approximate surface area is 166 Å². The lowest BCUT2D eigenvalue weighted by Gasteiger charge is -2.21. The number of nitrogens with zero attached hydrogens (tertiary/aromatic N) is 1. The van der Waals surface area contributed by atoms with Crippen molar-refractivity contribution in [3.05, 3.63) is 63.6 Å². The molecule has 140 valence electrons. The summed E-state index contributed by atoms with van der Waals surface area (Å²) in [6.45, 7) is 1.98. The summed E-state index contributed by atoms with van der Waals surface area (Å²) in [5.74, 6) is -0.916. The third-order valence-corrected chi connectivity index (χ3v) is 4.86. The number of fused-ring (bicyclic) bond motifs is 1. The highest BCUT2D eigenvalue weighted by Crippen LogP contribution is 2.32. The smallest absolute Gasteiger partial charge is 0.262 e. The molecule has 2 aromatic carbocycles. The maximum atomic E-state index is 12.5. The van der Waals surface area contributed by atoms with E-state index in [1.54, 1.807) is 12.1 Å². The van der Waals surface area contributed by atoms with E-state index < -0.39 is 23.8 Å². The van der Waals surface area contributed by atoms with Gasteiger partial charge in [0.05, 0.1) is 27.7 Å². The molecule has 3 rings (SSSR count). The molecule has 6 nitrogen and oxygen atoms in total. The number of hydrogen-bond donors (Lipinski definition) is 1.